The van der Waals surface area contributed by atoms with Gasteiger partial charge in [0.2, 0.25) is 0 Å². The van der Waals surface area contributed by atoms with Crippen LogP contribution in [0.2, 0.25) is 0 Å². The number of carbonyl (C=O) groups excluding carboxylic acids is 1. The summed E-state index contributed by atoms with van der Waals surface area (Å²) in [6, 6.07) is 8.65. The predicted octanol–water partition coefficient (Wildman–Crippen LogP) is 0.276. The highest BCUT2D eigenvalue weighted by molar-refractivity contribution is 5.94. The minimum absolute atomic E-state index is 0.0156. The minimum Gasteiger partial charge on any atom is -0.374 e. The molecular formula is C13H15N3O2. The summed E-state index contributed by atoms with van der Waals surface area (Å²) in [5.74, 6) is -0.179. The van der Waals surface area contributed by atoms with Crippen molar-refractivity contribution in [2.75, 3.05) is 26.2 Å². The maximum atomic E-state index is 11.9. The first-order valence-electron chi connectivity index (χ1n) is 5.90. The zero-order chi connectivity index (χ0) is 12.8. The number of rotatable bonds is 3. The fourth-order valence-electron chi connectivity index (χ4n) is 1.79. The van der Waals surface area contributed by atoms with E-state index in [1.54, 1.807) is 24.3 Å². The van der Waals surface area contributed by atoms with Gasteiger partial charge in [-0.2, -0.15) is 5.26 Å². The highest BCUT2D eigenvalue weighted by atomic mass is 16.5. The van der Waals surface area contributed by atoms with Crippen molar-refractivity contribution >= 4 is 5.91 Å². The maximum Gasteiger partial charge on any atom is 0.251 e. The van der Waals surface area contributed by atoms with Crippen LogP contribution in [0.15, 0.2) is 24.3 Å². The van der Waals surface area contributed by atoms with Crippen LogP contribution in [0, 0.1) is 11.3 Å². The van der Waals surface area contributed by atoms with Gasteiger partial charge in [-0.1, -0.05) is 6.07 Å². The highest BCUT2D eigenvalue weighted by Gasteiger charge is 2.14. The van der Waals surface area contributed by atoms with Gasteiger partial charge in [0.25, 0.3) is 5.91 Å². The summed E-state index contributed by atoms with van der Waals surface area (Å²) < 4.78 is 5.48. The second-order valence-electron chi connectivity index (χ2n) is 4.10. The van der Waals surface area contributed by atoms with Crippen LogP contribution in [0.4, 0.5) is 0 Å². The van der Waals surface area contributed by atoms with Gasteiger partial charge in [0.15, 0.2) is 0 Å². The molecule has 1 heterocycles. The standard InChI is InChI=1S/C13H15N3O2/c14-7-10-2-1-3-11(6-10)13(17)16-9-12-8-15-4-5-18-12/h1-3,6,12,15H,4-5,8-9H2,(H,16,17). The summed E-state index contributed by atoms with van der Waals surface area (Å²) in [4.78, 5) is 11.9. The number of hydrogen-bond donors (Lipinski definition) is 2. The molecule has 1 unspecified atom stereocenters. The van der Waals surface area contributed by atoms with Crippen LogP contribution in [-0.2, 0) is 4.74 Å². The topological polar surface area (TPSA) is 74.2 Å². The van der Waals surface area contributed by atoms with Crippen LogP contribution in [0.1, 0.15) is 15.9 Å². The van der Waals surface area contributed by atoms with Crippen molar-refractivity contribution in [1.82, 2.24) is 10.6 Å². The van der Waals surface area contributed by atoms with Gasteiger partial charge in [-0.15, -0.1) is 0 Å². The van der Waals surface area contributed by atoms with Crippen molar-refractivity contribution in [3.8, 4) is 6.07 Å². The average Bonchev–Trinajstić information content (AvgIpc) is 2.46. The zero-order valence-corrected chi connectivity index (χ0v) is 9.98. The number of ether oxygens (including phenoxy) is 1. The van der Waals surface area contributed by atoms with Gasteiger partial charge < -0.3 is 15.4 Å². The number of hydrogen-bond acceptors (Lipinski definition) is 4. The Kier molecular flexibility index (Phi) is 4.29. The van der Waals surface area contributed by atoms with Crippen LogP contribution in [0.5, 0.6) is 0 Å². The van der Waals surface area contributed by atoms with Gasteiger partial charge in [0.05, 0.1) is 24.3 Å². The van der Waals surface area contributed by atoms with E-state index < -0.39 is 0 Å². The molecule has 1 fully saturated rings. The summed E-state index contributed by atoms with van der Waals surface area (Å²) in [5.41, 5.74) is 0.982. The van der Waals surface area contributed by atoms with E-state index in [4.69, 9.17) is 10.00 Å². The SMILES string of the molecule is N#Cc1cccc(C(=O)NCC2CNCCO2)c1. The Bertz CT molecular complexity index is 462. The molecule has 5 heteroatoms. The quantitative estimate of drug-likeness (QED) is 0.802. The van der Waals surface area contributed by atoms with Gasteiger partial charge in [-0.25, -0.2) is 0 Å². The lowest BCUT2D eigenvalue weighted by atomic mass is 10.1. The van der Waals surface area contributed by atoms with Crippen molar-refractivity contribution in [1.29, 1.82) is 5.26 Å². The van der Waals surface area contributed by atoms with E-state index in [-0.39, 0.29) is 12.0 Å². The fraction of sp³-hybridized carbons (Fsp3) is 0.385. The molecule has 18 heavy (non-hydrogen) atoms. The molecule has 1 aromatic carbocycles. The average molecular weight is 245 g/mol. The van der Waals surface area contributed by atoms with Crippen LogP contribution in [0.3, 0.4) is 0 Å². The molecule has 1 amide bonds. The lowest BCUT2D eigenvalue weighted by Gasteiger charge is -2.23. The van der Waals surface area contributed by atoms with Gasteiger partial charge in [-0.05, 0) is 18.2 Å². The summed E-state index contributed by atoms with van der Waals surface area (Å²) in [5, 5.41) is 14.8. The first-order valence-corrected chi connectivity index (χ1v) is 5.90. The molecule has 1 aliphatic rings. The molecule has 1 aromatic rings. The van der Waals surface area contributed by atoms with Crippen molar-refractivity contribution in [3.05, 3.63) is 35.4 Å². The Morgan fingerprint density at radius 3 is 3.22 bits per heavy atom. The monoisotopic (exact) mass is 245 g/mol. The maximum absolute atomic E-state index is 11.9. The molecule has 0 saturated carbocycles. The Hall–Kier alpha value is -1.90. The van der Waals surface area contributed by atoms with Gasteiger partial charge in [0.1, 0.15) is 0 Å². The first kappa shape index (κ1) is 12.6. The Labute approximate surface area is 106 Å². The molecule has 2 rings (SSSR count). The molecule has 0 aromatic heterocycles. The van der Waals surface area contributed by atoms with Gasteiger partial charge in [0, 0.05) is 25.2 Å². The second-order valence-corrected chi connectivity index (χ2v) is 4.10. The second kappa shape index (κ2) is 6.15. The molecule has 5 nitrogen and oxygen atoms in total. The van der Waals surface area contributed by atoms with E-state index in [1.165, 1.54) is 0 Å². The Morgan fingerprint density at radius 2 is 2.50 bits per heavy atom. The molecule has 0 bridgehead atoms. The van der Waals surface area contributed by atoms with Crippen LogP contribution in [-0.4, -0.2) is 38.3 Å². The van der Waals surface area contributed by atoms with Crippen LogP contribution in [0.25, 0.3) is 0 Å². The first-order chi connectivity index (χ1) is 8.79. The van der Waals surface area contributed by atoms with E-state index in [2.05, 4.69) is 10.6 Å². The Balaban J connectivity index is 1.89. The van der Waals surface area contributed by atoms with E-state index in [9.17, 15) is 4.79 Å². The lowest BCUT2D eigenvalue weighted by Crippen LogP contribution is -2.45. The third-order valence-electron chi connectivity index (χ3n) is 2.75. The molecule has 2 N–H and O–H groups in total. The molecule has 0 spiro atoms. The summed E-state index contributed by atoms with van der Waals surface area (Å²) in [6.45, 7) is 2.75. The van der Waals surface area contributed by atoms with Crippen molar-refractivity contribution in [2.45, 2.75) is 6.10 Å². The number of carbonyl (C=O) groups is 1. The molecule has 1 aliphatic heterocycles. The van der Waals surface area contributed by atoms with Crippen molar-refractivity contribution < 1.29 is 9.53 Å². The van der Waals surface area contributed by atoms with Crippen molar-refractivity contribution in [3.63, 3.8) is 0 Å². The summed E-state index contributed by atoms with van der Waals surface area (Å²) in [7, 11) is 0. The summed E-state index contributed by atoms with van der Waals surface area (Å²) in [6.07, 6.45) is 0.0156. The third kappa shape index (κ3) is 3.29. The van der Waals surface area contributed by atoms with E-state index in [0.717, 1.165) is 13.1 Å². The smallest absolute Gasteiger partial charge is 0.251 e. The predicted molar refractivity (Wildman–Crippen MR) is 66.1 cm³/mol. The third-order valence-corrected chi connectivity index (χ3v) is 2.75. The van der Waals surface area contributed by atoms with E-state index in [0.29, 0.717) is 24.3 Å². The molecule has 0 radical (unpaired) electrons. The number of amides is 1. The number of benzene rings is 1. The molecular weight excluding hydrogens is 230 g/mol. The minimum atomic E-state index is -0.179. The molecule has 94 valence electrons. The number of nitrogens with zero attached hydrogens (tertiary/aromatic N) is 1. The van der Waals surface area contributed by atoms with Gasteiger partial charge in [-0.3, -0.25) is 4.79 Å². The van der Waals surface area contributed by atoms with Gasteiger partial charge >= 0.3 is 0 Å². The Morgan fingerprint density at radius 1 is 1.61 bits per heavy atom. The normalized spacial score (nSPS) is 18.9. The molecule has 0 aliphatic carbocycles. The highest BCUT2D eigenvalue weighted by Crippen LogP contribution is 2.04. The summed E-state index contributed by atoms with van der Waals surface area (Å²) >= 11 is 0. The number of nitriles is 1. The number of nitrogens with one attached hydrogen (secondary N) is 2. The van der Waals surface area contributed by atoms with E-state index in [1.807, 2.05) is 6.07 Å². The molecule has 1 saturated heterocycles. The lowest BCUT2D eigenvalue weighted by molar-refractivity contribution is 0.0287. The van der Waals surface area contributed by atoms with Crippen LogP contribution < -0.4 is 10.6 Å². The fourth-order valence-corrected chi connectivity index (χ4v) is 1.79. The van der Waals surface area contributed by atoms with E-state index >= 15 is 0 Å². The van der Waals surface area contributed by atoms with Crippen LogP contribution >= 0.6 is 0 Å². The zero-order valence-electron chi connectivity index (χ0n) is 9.98. The molecule has 1 atom stereocenters. The largest absolute Gasteiger partial charge is 0.374 e. The number of morpholine rings is 1. The van der Waals surface area contributed by atoms with Crippen molar-refractivity contribution in [2.24, 2.45) is 0 Å².